The van der Waals surface area contributed by atoms with E-state index in [9.17, 15) is 9.90 Å². The van der Waals surface area contributed by atoms with Crippen LogP contribution >= 0.6 is 0 Å². The number of aromatic nitrogens is 2. The van der Waals surface area contributed by atoms with Gasteiger partial charge in [0.1, 0.15) is 11.5 Å². The molecule has 19 heavy (non-hydrogen) atoms. The molecule has 0 atom stereocenters. The van der Waals surface area contributed by atoms with E-state index in [4.69, 9.17) is 9.84 Å². The number of phenolic OH excluding ortho intramolecular Hbond substituents is 1. The van der Waals surface area contributed by atoms with E-state index in [0.717, 1.165) is 0 Å². The molecule has 2 N–H and O–H groups in total. The van der Waals surface area contributed by atoms with E-state index >= 15 is 0 Å². The number of aryl methyl sites for hydroxylation is 2. The van der Waals surface area contributed by atoms with Crippen molar-refractivity contribution in [3.05, 3.63) is 29.5 Å². The van der Waals surface area contributed by atoms with Crippen LogP contribution in [0.5, 0.6) is 11.5 Å². The highest BCUT2D eigenvalue weighted by molar-refractivity contribution is 5.87. The lowest BCUT2D eigenvalue weighted by molar-refractivity contribution is 0.0689. The van der Waals surface area contributed by atoms with E-state index in [0.29, 0.717) is 22.6 Å². The maximum atomic E-state index is 10.9. The van der Waals surface area contributed by atoms with E-state index in [1.807, 2.05) is 0 Å². The Hall–Kier alpha value is -2.50. The fourth-order valence-corrected chi connectivity index (χ4v) is 1.88. The molecule has 0 saturated carbocycles. The summed E-state index contributed by atoms with van der Waals surface area (Å²) < 4.78 is 6.56. The summed E-state index contributed by atoms with van der Waals surface area (Å²) in [6.45, 7) is 1.75. The van der Waals surface area contributed by atoms with Crippen LogP contribution in [0.25, 0.3) is 11.3 Å². The standard InChI is InChI=1S/C13H14N2O4/c1-7-4-8(19-3)5-9(12(7)16)11-6-10(13(17)18)14-15(11)2/h4-6,16H,1-3H3,(H,17,18). The molecule has 2 aromatic rings. The normalized spacial score (nSPS) is 10.5. The fourth-order valence-electron chi connectivity index (χ4n) is 1.88. The zero-order chi connectivity index (χ0) is 14.2. The van der Waals surface area contributed by atoms with Crippen molar-refractivity contribution in [2.24, 2.45) is 7.05 Å². The molecule has 0 bridgehead atoms. The first-order chi connectivity index (χ1) is 8.93. The highest BCUT2D eigenvalue weighted by atomic mass is 16.5. The number of methoxy groups -OCH3 is 1. The number of hydrogen-bond acceptors (Lipinski definition) is 4. The van der Waals surface area contributed by atoms with Crippen LogP contribution in [0.4, 0.5) is 0 Å². The van der Waals surface area contributed by atoms with E-state index < -0.39 is 5.97 Å². The van der Waals surface area contributed by atoms with Crippen molar-refractivity contribution in [1.82, 2.24) is 9.78 Å². The lowest BCUT2D eigenvalue weighted by Crippen LogP contribution is -1.99. The molecular formula is C13H14N2O4. The molecule has 0 spiro atoms. The van der Waals surface area contributed by atoms with Crippen molar-refractivity contribution in [3.8, 4) is 22.8 Å². The van der Waals surface area contributed by atoms with E-state index in [2.05, 4.69) is 5.10 Å². The van der Waals surface area contributed by atoms with Crippen LogP contribution in [-0.4, -0.2) is 33.1 Å². The van der Waals surface area contributed by atoms with Gasteiger partial charge in [-0.15, -0.1) is 0 Å². The molecule has 1 aromatic heterocycles. The second-order valence-electron chi connectivity index (χ2n) is 4.18. The molecule has 0 amide bonds. The summed E-state index contributed by atoms with van der Waals surface area (Å²) in [5.41, 5.74) is 1.57. The van der Waals surface area contributed by atoms with Crippen molar-refractivity contribution in [2.45, 2.75) is 6.92 Å². The quantitative estimate of drug-likeness (QED) is 0.881. The molecular weight excluding hydrogens is 248 g/mol. The molecule has 0 aliphatic heterocycles. The van der Waals surface area contributed by atoms with Gasteiger partial charge in [0.25, 0.3) is 0 Å². The smallest absolute Gasteiger partial charge is 0.356 e. The molecule has 0 aliphatic carbocycles. The van der Waals surface area contributed by atoms with Crippen molar-refractivity contribution in [2.75, 3.05) is 7.11 Å². The molecule has 1 aromatic carbocycles. The summed E-state index contributed by atoms with van der Waals surface area (Å²) in [4.78, 5) is 10.9. The van der Waals surface area contributed by atoms with Crippen molar-refractivity contribution < 1.29 is 19.7 Å². The highest BCUT2D eigenvalue weighted by Gasteiger charge is 2.17. The molecule has 0 aliphatic rings. The van der Waals surface area contributed by atoms with E-state index in [1.54, 1.807) is 26.1 Å². The maximum Gasteiger partial charge on any atom is 0.356 e. The third kappa shape index (κ3) is 2.24. The van der Waals surface area contributed by atoms with Gasteiger partial charge in [-0.2, -0.15) is 5.10 Å². The fraction of sp³-hybridized carbons (Fsp3) is 0.231. The van der Waals surface area contributed by atoms with Crippen LogP contribution in [0.3, 0.4) is 0 Å². The number of carboxylic acids is 1. The second kappa shape index (κ2) is 4.64. The summed E-state index contributed by atoms with van der Waals surface area (Å²) in [6, 6.07) is 4.76. The lowest BCUT2D eigenvalue weighted by atomic mass is 10.1. The Balaban J connectivity index is 2.64. The highest BCUT2D eigenvalue weighted by Crippen LogP contribution is 2.35. The molecule has 1 heterocycles. The summed E-state index contributed by atoms with van der Waals surface area (Å²) in [6.07, 6.45) is 0. The van der Waals surface area contributed by atoms with E-state index in [1.165, 1.54) is 17.9 Å². The van der Waals surface area contributed by atoms with Crippen molar-refractivity contribution in [1.29, 1.82) is 0 Å². The van der Waals surface area contributed by atoms with Gasteiger partial charge in [0.05, 0.1) is 12.8 Å². The number of hydrogen-bond donors (Lipinski definition) is 2. The summed E-state index contributed by atoms with van der Waals surface area (Å²) in [5, 5.41) is 22.9. The van der Waals surface area contributed by atoms with Gasteiger partial charge in [-0.1, -0.05) is 0 Å². The zero-order valence-corrected chi connectivity index (χ0v) is 10.8. The zero-order valence-electron chi connectivity index (χ0n) is 10.8. The number of aromatic carboxylic acids is 1. The van der Waals surface area contributed by atoms with Crippen molar-refractivity contribution in [3.63, 3.8) is 0 Å². The summed E-state index contributed by atoms with van der Waals surface area (Å²) in [5.74, 6) is -0.440. The second-order valence-corrected chi connectivity index (χ2v) is 4.18. The minimum Gasteiger partial charge on any atom is -0.507 e. The monoisotopic (exact) mass is 262 g/mol. The number of benzene rings is 1. The number of carboxylic acid groups (broad SMARTS) is 1. The Morgan fingerprint density at radius 3 is 2.58 bits per heavy atom. The third-order valence-electron chi connectivity index (χ3n) is 2.88. The minimum atomic E-state index is -1.11. The van der Waals surface area contributed by atoms with E-state index in [-0.39, 0.29) is 11.4 Å². The van der Waals surface area contributed by atoms with Crippen LogP contribution in [0.15, 0.2) is 18.2 Å². The number of ether oxygens (including phenoxy) is 1. The van der Waals surface area contributed by atoms with Gasteiger partial charge in [-0.3, -0.25) is 4.68 Å². The molecule has 0 unspecified atom stereocenters. The van der Waals surface area contributed by atoms with Gasteiger partial charge >= 0.3 is 5.97 Å². The Labute approximate surface area is 109 Å². The topological polar surface area (TPSA) is 84.6 Å². The first kappa shape index (κ1) is 12.9. The molecule has 0 saturated heterocycles. The van der Waals surface area contributed by atoms with Crippen LogP contribution in [-0.2, 0) is 7.05 Å². The lowest BCUT2D eigenvalue weighted by Gasteiger charge is -2.10. The van der Waals surface area contributed by atoms with Gasteiger partial charge in [-0.25, -0.2) is 4.79 Å². The Kier molecular flexibility index (Phi) is 3.16. The minimum absolute atomic E-state index is 0.0719. The maximum absolute atomic E-state index is 10.9. The average molecular weight is 262 g/mol. The number of rotatable bonds is 3. The van der Waals surface area contributed by atoms with Crippen LogP contribution in [0.2, 0.25) is 0 Å². The summed E-state index contributed by atoms with van der Waals surface area (Å²) in [7, 11) is 3.15. The molecule has 100 valence electrons. The number of aromatic hydroxyl groups is 1. The number of phenols is 1. The molecule has 0 fully saturated rings. The van der Waals surface area contributed by atoms with Gasteiger partial charge in [0.15, 0.2) is 5.69 Å². The third-order valence-corrected chi connectivity index (χ3v) is 2.88. The predicted molar refractivity (Wildman–Crippen MR) is 68.6 cm³/mol. The molecule has 6 heteroatoms. The first-order valence-electron chi connectivity index (χ1n) is 5.59. The number of carbonyl (C=O) groups is 1. The number of nitrogens with zero attached hydrogens (tertiary/aromatic N) is 2. The predicted octanol–water partition coefficient (Wildman–Crippen LogP) is 1.81. The first-order valence-corrected chi connectivity index (χ1v) is 5.59. The Morgan fingerprint density at radius 2 is 2.05 bits per heavy atom. The van der Waals surface area contributed by atoms with Gasteiger partial charge in [0.2, 0.25) is 0 Å². The SMILES string of the molecule is COc1cc(C)c(O)c(-c2cc(C(=O)O)nn2C)c1. The van der Waals surface area contributed by atoms with Gasteiger partial charge in [-0.05, 0) is 30.7 Å². The average Bonchev–Trinajstić information content (AvgIpc) is 2.75. The molecule has 2 rings (SSSR count). The van der Waals surface area contributed by atoms with Gasteiger partial charge in [0, 0.05) is 12.6 Å². The van der Waals surface area contributed by atoms with Gasteiger partial charge < -0.3 is 14.9 Å². The largest absolute Gasteiger partial charge is 0.507 e. The van der Waals surface area contributed by atoms with Crippen LogP contribution in [0.1, 0.15) is 16.1 Å². The van der Waals surface area contributed by atoms with Crippen LogP contribution < -0.4 is 4.74 Å². The molecule has 0 radical (unpaired) electrons. The van der Waals surface area contributed by atoms with Crippen molar-refractivity contribution >= 4 is 5.97 Å². The Bertz CT molecular complexity index is 646. The summed E-state index contributed by atoms with van der Waals surface area (Å²) >= 11 is 0. The molecule has 6 nitrogen and oxygen atoms in total. The Morgan fingerprint density at radius 1 is 1.37 bits per heavy atom. The van der Waals surface area contributed by atoms with Crippen LogP contribution in [0, 0.1) is 6.92 Å².